The van der Waals surface area contributed by atoms with Crippen LogP contribution in [0.3, 0.4) is 0 Å². The van der Waals surface area contributed by atoms with Crippen molar-refractivity contribution in [1.29, 1.82) is 0 Å². The van der Waals surface area contributed by atoms with Gasteiger partial charge in [0.25, 0.3) is 0 Å². The minimum atomic E-state index is -3.68. The van der Waals surface area contributed by atoms with Gasteiger partial charge in [-0.05, 0) is 80.5 Å². The molecule has 0 spiro atoms. The van der Waals surface area contributed by atoms with Gasteiger partial charge >= 0.3 is 12.8 Å². The number of amides is 1. The first kappa shape index (κ1) is 45.6. The second-order valence-corrected chi connectivity index (χ2v) is 20.2. The summed E-state index contributed by atoms with van der Waals surface area (Å²) in [6, 6.07) is 37.9. The highest BCUT2D eigenvalue weighted by molar-refractivity contribution is 7.83. The lowest BCUT2D eigenvalue weighted by molar-refractivity contribution is -0.145. The number of imidazole rings is 1. The van der Waals surface area contributed by atoms with Gasteiger partial charge in [0.2, 0.25) is 17.7 Å². The maximum atomic E-state index is 13.4. The van der Waals surface area contributed by atoms with Gasteiger partial charge < -0.3 is 18.7 Å². The van der Waals surface area contributed by atoms with Crippen molar-refractivity contribution in [2.75, 3.05) is 39.1 Å². The molecular weight excluding hydrogens is 841 g/mol. The zero-order chi connectivity index (χ0) is 44.9. The minimum absolute atomic E-state index is 0.0243. The Morgan fingerprint density at radius 2 is 1.44 bits per heavy atom. The molecule has 3 atom stereocenters. The molecule has 0 bridgehead atoms. The lowest BCUT2D eigenvalue weighted by Crippen LogP contribution is -2.57. The van der Waals surface area contributed by atoms with Gasteiger partial charge in [0.1, 0.15) is 18.6 Å². The maximum Gasteiger partial charge on any atom is 0.362 e. The molecule has 7 rings (SSSR count). The number of carbonyl (C=O) groups is 2. The van der Waals surface area contributed by atoms with Crippen molar-refractivity contribution in [1.82, 2.24) is 29.1 Å². The molecule has 330 valence electrons. The number of halogens is 1. The van der Waals surface area contributed by atoms with Crippen molar-refractivity contribution in [2.24, 2.45) is 11.3 Å². The molecule has 0 radical (unpaired) electrons. The largest absolute Gasteiger partial charge is 0.471 e. The number of benzene rings is 4. The molecule has 6 aromatic rings. The Labute approximate surface area is 372 Å². The topological polar surface area (TPSA) is 150 Å². The number of rotatable bonds is 15. The number of carbonyl (C=O) groups excluding carboxylic acids is 2. The SMILES string of the molecule is CC(C)C(=O)Nc1nc(OCc2ccc(OC(=O)C(C)(C)C)cc2)c2ncn(C3CN(C(c4ccccc4)(c4ccccc4)c4ccccc4)C[C@@H](CO[P@@](=O)(Cl)N(C)C)O3)c2n1. The Morgan fingerprint density at radius 1 is 0.873 bits per heavy atom. The van der Waals surface area contributed by atoms with Crippen LogP contribution in [0, 0.1) is 11.3 Å². The third-order valence-corrected chi connectivity index (χ3v) is 13.3. The van der Waals surface area contributed by atoms with E-state index in [0.717, 1.165) is 22.3 Å². The summed E-state index contributed by atoms with van der Waals surface area (Å²) in [5, 5.41) is 2.83. The number of ether oxygens (including phenoxy) is 3. The van der Waals surface area contributed by atoms with Gasteiger partial charge in [-0.2, -0.15) is 9.97 Å². The highest BCUT2D eigenvalue weighted by atomic mass is 35.7. The van der Waals surface area contributed by atoms with Crippen LogP contribution in [0.2, 0.25) is 0 Å². The molecule has 1 amide bonds. The fourth-order valence-corrected chi connectivity index (χ4v) is 8.04. The van der Waals surface area contributed by atoms with Crippen LogP contribution in [0.1, 0.15) is 63.1 Å². The van der Waals surface area contributed by atoms with Crippen molar-refractivity contribution in [2.45, 2.75) is 59.1 Å². The van der Waals surface area contributed by atoms with Crippen LogP contribution < -0.4 is 14.8 Å². The van der Waals surface area contributed by atoms with Crippen LogP contribution in [0.5, 0.6) is 11.6 Å². The number of anilines is 1. The summed E-state index contributed by atoms with van der Waals surface area (Å²) in [5.41, 5.74) is 3.00. The number of aromatic nitrogens is 4. The zero-order valence-electron chi connectivity index (χ0n) is 36.5. The summed E-state index contributed by atoms with van der Waals surface area (Å²) in [6.45, 7) is 5.89. The highest BCUT2D eigenvalue weighted by Crippen LogP contribution is 2.54. The van der Waals surface area contributed by atoms with Crippen molar-refractivity contribution >= 4 is 47.1 Å². The number of nitrogens with one attached hydrogen (secondary N) is 1. The molecular formula is C47H53ClN7O7P. The van der Waals surface area contributed by atoms with E-state index < -0.39 is 30.2 Å². The summed E-state index contributed by atoms with van der Waals surface area (Å²) < 4.78 is 41.2. The molecule has 1 aliphatic heterocycles. The number of fused-ring (bicyclic) bond motifs is 1. The molecule has 1 saturated heterocycles. The molecule has 14 nitrogen and oxygen atoms in total. The third kappa shape index (κ3) is 10.2. The van der Waals surface area contributed by atoms with Gasteiger partial charge in [0.15, 0.2) is 11.2 Å². The summed E-state index contributed by atoms with van der Waals surface area (Å²) in [5.74, 6) is -0.413. The van der Waals surface area contributed by atoms with Gasteiger partial charge in [-0.1, -0.05) is 117 Å². The lowest BCUT2D eigenvalue weighted by Gasteiger charge is -2.50. The predicted molar refractivity (Wildman–Crippen MR) is 242 cm³/mol. The number of hydrogen-bond donors (Lipinski definition) is 1. The number of morpholine rings is 1. The average Bonchev–Trinajstić information content (AvgIpc) is 3.70. The first-order valence-electron chi connectivity index (χ1n) is 20.7. The number of nitrogens with zero attached hydrogens (tertiary/aromatic N) is 6. The first-order valence-corrected chi connectivity index (χ1v) is 23.2. The van der Waals surface area contributed by atoms with Gasteiger partial charge in [0.05, 0.1) is 30.0 Å². The van der Waals surface area contributed by atoms with E-state index in [9.17, 15) is 14.2 Å². The van der Waals surface area contributed by atoms with Crippen LogP contribution in [0.15, 0.2) is 122 Å². The average molecular weight is 894 g/mol. The smallest absolute Gasteiger partial charge is 0.362 e. The van der Waals surface area contributed by atoms with E-state index in [1.165, 1.54) is 4.67 Å². The Balaban J connectivity index is 1.32. The summed E-state index contributed by atoms with van der Waals surface area (Å²) in [4.78, 5) is 42.1. The van der Waals surface area contributed by atoms with Crippen LogP contribution in [-0.2, 0) is 35.6 Å². The number of hydrogen-bond acceptors (Lipinski definition) is 11. The Hall–Kier alpha value is -5.47. The van der Waals surface area contributed by atoms with Crippen LogP contribution >= 0.6 is 18.1 Å². The zero-order valence-corrected chi connectivity index (χ0v) is 38.1. The second-order valence-electron chi connectivity index (χ2n) is 16.9. The molecule has 4 aromatic carbocycles. The lowest BCUT2D eigenvalue weighted by atomic mass is 9.75. The Morgan fingerprint density at radius 3 is 1.97 bits per heavy atom. The van der Waals surface area contributed by atoms with E-state index in [2.05, 4.69) is 51.6 Å². The fraction of sp³-hybridized carbons (Fsp3) is 0.340. The van der Waals surface area contributed by atoms with Crippen molar-refractivity contribution < 1.29 is 32.9 Å². The monoisotopic (exact) mass is 893 g/mol. The molecule has 63 heavy (non-hydrogen) atoms. The third-order valence-electron chi connectivity index (χ3n) is 10.7. The van der Waals surface area contributed by atoms with E-state index in [-0.39, 0.29) is 42.8 Å². The molecule has 1 aliphatic rings. The van der Waals surface area contributed by atoms with Crippen LogP contribution in [-0.4, -0.2) is 80.9 Å². The van der Waals surface area contributed by atoms with Gasteiger partial charge in [-0.25, -0.2) is 9.65 Å². The van der Waals surface area contributed by atoms with Gasteiger partial charge in [0, 0.05) is 19.0 Å². The molecule has 0 saturated carbocycles. The molecule has 16 heteroatoms. The fourth-order valence-electron chi connectivity index (χ4n) is 7.29. The van der Waals surface area contributed by atoms with Crippen molar-refractivity contribution in [3.8, 4) is 11.6 Å². The van der Waals surface area contributed by atoms with Gasteiger partial charge in [-0.3, -0.25) is 28.9 Å². The highest BCUT2D eigenvalue weighted by Gasteiger charge is 2.47. The normalized spacial score (nSPS) is 17.1. The van der Waals surface area contributed by atoms with E-state index >= 15 is 0 Å². The molecule has 1 N–H and O–H groups in total. The summed E-state index contributed by atoms with van der Waals surface area (Å²) >= 11 is 6.42. The maximum absolute atomic E-state index is 13.4. The van der Waals surface area contributed by atoms with E-state index in [0.29, 0.717) is 30.0 Å². The molecule has 1 fully saturated rings. The molecule has 3 heterocycles. The molecule has 1 unspecified atom stereocenters. The van der Waals surface area contributed by atoms with Crippen LogP contribution in [0.25, 0.3) is 11.2 Å². The standard InChI is InChI=1S/C47H53ClN7O7P/c1-32(2)42(56)51-45-50-41-40(43(52-45)59-29-33-23-25-37(26-24-33)62-44(57)46(3,4)5)49-31-55(41)39-28-54(27-38(61-39)30-60-63(48,58)53(6)7)47(34-17-11-8-12-18-34,35-19-13-9-14-20-35)36-21-15-10-16-22-36/h8-26,31-32,38-39H,27-30H2,1-7H3,(H,50,51,52,56)/t38-,39?,63-/m0/s1. The van der Waals surface area contributed by atoms with Crippen molar-refractivity contribution in [3.63, 3.8) is 0 Å². The summed E-state index contributed by atoms with van der Waals surface area (Å²) in [7, 11) is 3.20. The quantitative estimate of drug-likeness (QED) is 0.0454. The van der Waals surface area contributed by atoms with Crippen LogP contribution in [0.4, 0.5) is 5.95 Å². The molecule has 2 aromatic heterocycles. The Kier molecular flexibility index (Phi) is 13.8. The molecule has 0 aliphatic carbocycles. The van der Waals surface area contributed by atoms with E-state index in [1.807, 2.05) is 54.6 Å². The van der Waals surface area contributed by atoms with Crippen molar-refractivity contribution in [3.05, 3.63) is 144 Å². The first-order chi connectivity index (χ1) is 30.1. The minimum Gasteiger partial charge on any atom is -0.471 e. The number of esters is 1. The van der Waals surface area contributed by atoms with E-state index in [1.54, 1.807) is 83.9 Å². The Bertz CT molecular complexity index is 2460. The second kappa shape index (κ2) is 19.1. The predicted octanol–water partition coefficient (Wildman–Crippen LogP) is 9.07. The van der Waals surface area contributed by atoms with Gasteiger partial charge in [-0.15, -0.1) is 0 Å². The van der Waals surface area contributed by atoms with E-state index in [4.69, 9.17) is 39.9 Å². The summed E-state index contributed by atoms with van der Waals surface area (Å²) in [6.07, 6.45) is 0.195.